The Labute approximate surface area is 223 Å². The van der Waals surface area contributed by atoms with Crippen LogP contribution >= 0.6 is 0 Å². The molecule has 0 radical (unpaired) electrons. The van der Waals surface area contributed by atoms with Crippen LogP contribution in [0.5, 0.6) is 5.75 Å². The summed E-state index contributed by atoms with van der Waals surface area (Å²) in [6.07, 6.45) is 1.95. The van der Waals surface area contributed by atoms with Crippen molar-refractivity contribution in [2.24, 2.45) is 5.10 Å². The number of amides is 1. The molecule has 0 aliphatic rings. The molecule has 0 saturated heterocycles. The van der Waals surface area contributed by atoms with E-state index in [-0.39, 0.29) is 18.0 Å². The Kier molecular flexibility index (Phi) is 9.39. The lowest BCUT2D eigenvalue weighted by Gasteiger charge is -2.21. The number of hydrogen-bond donors (Lipinski definition) is 1. The molecular weight excluding hydrogens is 498 g/mol. The number of para-hydroxylation sites is 1. The minimum atomic E-state index is -3.88. The zero-order valence-corrected chi connectivity index (χ0v) is 21.6. The number of rotatable bonds is 12. The number of nitrogens with one attached hydrogen (secondary N) is 1. The molecule has 0 bridgehead atoms. The van der Waals surface area contributed by atoms with E-state index in [2.05, 4.69) is 10.5 Å². The van der Waals surface area contributed by atoms with Crippen LogP contribution in [0, 0.1) is 0 Å². The summed E-state index contributed by atoms with van der Waals surface area (Å²) in [4.78, 5) is 12.9. The van der Waals surface area contributed by atoms with Crippen LogP contribution in [0.15, 0.2) is 125 Å². The van der Waals surface area contributed by atoms with E-state index in [1.54, 1.807) is 18.2 Å². The van der Waals surface area contributed by atoms with Gasteiger partial charge in [0.05, 0.1) is 17.7 Å². The number of hydrogen-bond acceptors (Lipinski definition) is 5. The number of carbonyl (C=O) groups is 1. The van der Waals surface area contributed by atoms with Gasteiger partial charge in [0.25, 0.3) is 5.91 Å². The van der Waals surface area contributed by atoms with Crippen molar-refractivity contribution in [2.75, 3.05) is 13.1 Å². The molecule has 38 heavy (non-hydrogen) atoms. The van der Waals surface area contributed by atoms with E-state index in [1.165, 1.54) is 22.7 Å². The van der Waals surface area contributed by atoms with Crippen LogP contribution < -0.4 is 10.2 Å². The summed E-state index contributed by atoms with van der Waals surface area (Å²) in [5, 5.41) is 4.06. The van der Waals surface area contributed by atoms with E-state index in [1.807, 2.05) is 84.9 Å². The third-order valence-electron chi connectivity index (χ3n) is 5.74. The molecule has 194 valence electrons. The van der Waals surface area contributed by atoms with Crippen LogP contribution in [-0.4, -0.2) is 37.9 Å². The van der Waals surface area contributed by atoms with Crippen LogP contribution in [0.25, 0.3) is 0 Å². The summed E-state index contributed by atoms with van der Waals surface area (Å²) in [6.45, 7) is 0.174. The van der Waals surface area contributed by atoms with Gasteiger partial charge in [0, 0.05) is 12.1 Å². The van der Waals surface area contributed by atoms with Gasteiger partial charge in [0.1, 0.15) is 12.4 Å². The molecule has 1 amide bonds. The van der Waals surface area contributed by atoms with Crippen molar-refractivity contribution in [1.82, 2.24) is 9.73 Å². The molecule has 0 aromatic heterocycles. The molecule has 7 nitrogen and oxygen atoms in total. The third kappa shape index (κ3) is 7.61. The van der Waals surface area contributed by atoms with Gasteiger partial charge in [-0.15, -0.1) is 0 Å². The number of sulfonamides is 1. The van der Waals surface area contributed by atoms with E-state index < -0.39 is 15.9 Å². The molecule has 0 spiro atoms. The van der Waals surface area contributed by atoms with Crippen molar-refractivity contribution in [1.29, 1.82) is 0 Å². The quantitative estimate of drug-likeness (QED) is 0.215. The third-order valence-corrected chi connectivity index (χ3v) is 7.60. The summed E-state index contributed by atoms with van der Waals surface area (Å²) in [7, 11) is -3.88. The van der Waals surface area contributed by atoms with Gasteiger partial charge in [-0.3, -0.25) is 4.79 Å². The molecule has 0 fully saturated rings. The van der Waals surface area contributed by atoms with Gasteiger partial charge in [-0.05, 0) is 41.8 Å². The van der Waals surface area contributed by atoms with Crippen LogP contribution in [0.2, 0.25) is 0 Å². The Morgan fingerprint density at radius 3 is 2.05 bits per heavy atom. The van der Waals surface area contributed by atoms with Crippen LogP contribution in [0.3, 0.4) is 0 Å². The average Bonchev–Trinajstić information content (AvgIpc) is 2.96. The van der Waals surface area contributed by atoms with Crippen LogP contribution in [-0.2, 0) is 27.8 Å². The molecular formula is C30H29N3O4S. The van der Waals surface area contributed by atoms with Crippen molar-refractivity contribution in [3.63, 3.8) is 0 Å². The largest absolute Gasteiger partial charge is 0.488 e. The van der Waals surface area contributed by atoms with Crippen molar-refractivity contribution >= 4 is 22.1 Å². The number of carbonyl (C=O) groups excluding carboxylic acids is 1. The standard InChI is InChI=1S/C30H29N3O4S/c34-30(32-31-22-27-16-10-11-19-29(27)37-24-26-14-6-2-7-15-26)23-33(21-20-25-12-4-1-5-13-25)38(35,36)28-17-8-3-9-18-28/h1-19,22H,20-21,23-24H2,(H,32,34)/b31-22-. The number of nitrogens with zero attached hydrogens (tertiary/aromatic N) is 2. The number of benzene rings is 4. The van der Waals surface area contributed by atoms with Gasteiger partial charge in [-0.1, -0.05) is 91.0 Å². The van der Waals surface area contributed by atoms with Gasteiger partial charge in [0.2, 0.25) is 10.0 Å². The highest BCUT2D eigenvalue weighted by Crippen LogP contribution is 2.18. The summed E-state index contributed by atoms with van der Waals surface area (Å²) in [5.74, 6) is 0.0713. The molecule has 0 aliphatic carbocycles. The fourth-order valence-corrected chi connectivity index (χ4v) is 5.17. The monoisotopic (exact) mass is 527 g/mol. The Bertz CT molecular complexity index is 1440. The Morgan fingerprint density at radius 2 is 1.37 bits per heavy atom. The smallest absolute Gasteiger partial charge is 0.255 e. The fourth-order valence-electron chi connectivity index (χ4n) is 3.75. The second-order valence-electron chi connectivity index (χ2n) is 8.49. The maximum absolute atomic E-state index is 13.3. The van der Waals surface area contributed by atoms with Gasteiger partial charge < -0.3 is 4.74 Å². The van der Waals surface area contributed by atoms with Crippen molar-refractivity contribution in [2.45, 2.75) is 17.9 Å². The molecule has 0 aliphatic heterocycles. The molecule has 4 aromatic rings. The zero-order chi connectivity index (χ0) is 26.6. The van der Waals surface area contributed by atoms with Crippen molar-refractivity contribution in [3.05, 3.63) is 132 Å². The molecule has 1 N–H and O–H groups in total. The second-order valence-corrected chi connectivity index (χ2v) is 10.4. The summed E-state index contributed by atoms with van der Waals surface area (Å²) in [5.41, 5.74) is 5.14. The lowest BCUT2D eigenvalue weighted by atomic mass is 10.1. The normalized spacial score (nSPS) is 11.5. The molecule has 0 unspecified atom stereocenters. The van der Waals surface area contributed by atoms with E-state index >= 15 is 0 Å². The first kappa shape index (κ1) is 26.8. The molecule has 8 heteroatoms. The summed E-state index contributed by atoms with van der Waals surface area (Å²) >= 11 is 0. The highest BCUT2D eigenvalue weighted by atomic mass is 32.2. The molecule has 4 aromatic carbocycles. The predicted molar refractivity (Wildman–Crippen MR) is 148 cm³/mol. The fraction of sp³-hybridized carbons (Fsp3) is 0.133. The summed E-state index contributed by atoms with van der Waals surface area (Å²) in [6, 6.07) is 34.8. The maximum Gasteiger partial charge on any atom is 0.255 e. The van der Waals surface area contributed by atoms with E-state index in [9.17, 15) is 13.2 Å². The lowest BCUT2D eigenvalue weighted by molar-refractivity contribution is -0.121. The number of ether oxygens (including phenoxy) is 1. The lowest BCUT2D eigenvalue weighted by Crippen LogP contribution is -2.40. The minimum Gasteiger partial charge on any atom is -0.488 e. The highest BCUT2D eigenvalue weighted by molar-refractivity contribution is 7.89. The first-order chi connectivity index (χ1) is 18.5. The highest BCUT2D eigenvalue weighted by Gasteiger charge is 2.26. The first-order valence-corrected chi connectivity index (χ1v) is 13.6. The van der Waals surface area contributed by atoms with E-state index in [0.29, 0.717) is 24.3 Å². The average molecular weight is 528 g/mol. The summed E-state index contributed by atoms with van der Waals surface area (Å²) < 4.78 is 33.7. The van der Waals surface area contributed by atoms with Crippen molar-refractivity contribution in [3.8, 4) is 5.75 Å². The maximum atomic E-state index is 13.3. The molecule has 0 atom stereocenters. The minimum absolute atomic E-state index is 0.133. The molecule has 0 saturated carbocycles. The van der Waals surface area contributed by atoms with E-state index in [4.69, 9.17) is 4.74 Å². The van der Waals surface area contributed by atoms with E-state index in [0.717, 1.165) is 11.1 Å². The molecule has 0 heterocycles. The number of hydrazone groups is 1. The Balaban J connectivity index is 1.42. The Hall–Kier alpha value is -4.27. The van der Waals surface area contributed by atoms with Crippen LogP contribution in [0.1, 0.15) is 16.7 Å². The molecule has 4 rings (SSSR count). The van der Waals surface area contributed by atoms with Gasteiger partial charge in [-0.2, -0.15) is 9.41 Å². The predicted octanol–water partition coefficient (Wildman–Crippen LogP) is 4.65. The SMILES string of the molecule is O=C(CN(CCc1ccccc1)S(=O)(=O)c1ccccc1)N/N=C\c1ccccc1OCc1ccccc1. The van der Waals surface area contributed by atoms with Gasteiger partial charge >= 0.3 is 0 Å². The Morgan fingerprint density at radius 1 is 0.789 bits per heavy atom. The van der Waals surface area contributed by atoms with Crippen LogP contribution in [0.4, 0.5) is 0 Å². The first-order valence-electron chi connectivity index (χ1n) is 12.2. The second kappa shape index (κ2) is 13.3. The van der Waals surface area contributed by atoms with Crippen molar-refractivity contribution < 1.29 is 17.9 Å². The van der Waals surface area contributed by atoms with Gasteiger partial charge in [0.15, 0.2) is 0 Å². The zero-order valence-electron chi connectivity index (χ0n) is 20.8. The topological polar surface area (TPSA) is 88.1 Å². The van der Waals surface area contributed by atoms with Gasteiger partial charge in [-0.25, -0.2) is 13.8 Å².